The van der Waals surface area contributed by atoms with E-state index in [1.54, 1.807) is 0 Å². The number of morpholine rings is 1. The summed E-state index contributed by atoms with van der Waals surface area (Å²) >= 11 is 3.60. The van der Waals surface area contributed by atoms with Gasteiger partial charge in [0.05, 0.1) is 13.2 Å². The molecule has 0 aliphatic carbocycles. The standard InChI is InChI=1S/C15H23BrN2O/c1-15(2,18-7-9-19-10-8-18)14(17)11-12-5-3-4-6-13(12)16/h3-6,14H,7-11,17H2,1-2H3. The number of nitrogens with zero attached hydrogens (tertiary/aromatic N) is 1. The van der Waals surface area contributed by atoms with Crippen LogP contribution in [0.25, 0.3) is 0 Å². The molecule has 3 nitrogen and oxygen atoms in total. The van der Waals surface area contributed by atoms with E-state index in [-0.39, 0.29) is 11.6 Å². The van der Waals surface area contributed by atoms with Gasteiger partial charge in [-0.25, -0.2) is 0 Å². The average molecular weight is 327 g/mol. The van der Waals surface area contributed by atoms with Crippen LogP contribution < -0.4 is 5.73 Å². The molecule has 0 saturated carbocycles. The Balaban J connectivity index is 2.05. The highest BCUT2D eigenvalue weighted by atomic mass is 79.9. The van der Waals surface area contributed by atoms with Crippen LogP contribution in [-0.4, -0.2) is 42.8 Å². The third-order valence-electron chi connectivity index (χ3n) is 4.13. The quantitative estimate of drug-likeness (QED) is 0.923. The van der Waals surface area contributed by atoms with Gasteiger partial charge < -0.3 is 10.5 Å². The molecule has 1 fully saturated rings. The molecule has 0 radical (unpaired) electrons. The van der Waals surface area contributed by atoms with Gasteiger partial charge in [0.2, 0.25) is 0 Å². The lowest BCUT2D eigenvalue weighted by Gasteiger charge is -2.44. The number of nitrogens with two attached hydrogens (primary N) is 1. The summed E-state index contributed by atoms with van der Waals surface area (Å²) in [5.41, 5.74) is 7.74. The van der Waals surface area contributed by atoms with Crippen molar-refractivity contribution in [3.05, 3.63) is 34.3 Å². The number of hydrogen-bond donors (Lipinski definition) is 1. The van der Waals surface area contributed by atoms with Crippen molar-refractivity contribution in [2.45, 2.75) is 31.8 Å². The SMILES string of the molecule is CC(C)(C(N)Cc1ccccc1Br)N1CCOCC1. The highest BCUT2D eigenvalue weighted by molar-refractivity contribution is 9.10. The monoisotopic (exact) mass is 326 g/mol. The molecule has 1 aliphatic heterocycles. The first-order valence-electron chi connectivity index (χ1n) is 6.83. The first-order chi connectivity index (χ1) is 9.01. The molecule has 0 aromatic heterocycles. The lowest BCUT2D eigenvalue weighted by molar-refractivity contribution is -0.0186. The van der Waals surface area contributed by atoms with E-state index in [9.17, 15) is 0 Å². The molecule has 0 spiro atoms. The fourth-order valence-corrected chi connectivity index (χ4v) is 2.97. The molecular weight excluding hydrogens is 304 g/mol. The highest BCUT2D eigenvalue weighted by Gasteiger charge is 2.34. The molecule has 1 saturated heterocycles. The molecule has 2 rings (SSSR count). The van der Waals surface area contributed by atoms with Crippen LogP contribution in [0, 0.1) is 0 Å². The van der Waals surface area contributed by atoms with Crippen LogP contribution in [0.4, 0.5) is 0 Å². The first kappa shape index (κ1) is 15.0. The van der Waals surface area contributed by atoms with Crippen molar-refractivity contribution in [2.24, 2.45) is 5.73 Å². The second-order valence-electron chi connectivity index (χ2n) is 5.66. The van der Waals surface area contributed by atoms with Crippen molar-refractivity contribution in [2.75, 3.05) is 26.3 Å². The molecule has 0 bridgehead atoms. The number of ether oxygens (including phenoxy) is 1. The molecule has 0 amide bonds. The predicted molar refractivity (Wildman–Crippen MR) is 82.3 cm³/mol. The third-order valence-corrected chi connectivity index (χ3v) is 4.90. The maximum absolute atomic E-state index is 6.48. The zero-order chi connectivity index (χ0) is 13.9. The van der Waals surface area contributed by atoms with Gasteiger partial charge in [-0.15, -0.1) is 0 Å². The smallest absolute Gasteiger partial charge is 0.0594 e. The van der Waals surface area contributed by atoms with E-state index < -0.39 is 0 Å². The highest BCUT2D eigenvalue weighted by Crippen LogP contribution is 2.24. The summed E-state index contributed by atoms with van der Waals surface area (Å²) in [4.78, 5) is 2.44. The van der Waals surface area contributed by atoms with Crippen molar-refractivity contribution in [1.29, 1.82) is 0 Å². The van der Waals surface area contributed by atoms with Crippen molar-refractivity contribution in [3.8, 4) is 0 Å². The normalized spacial score (nSPS) is 19.4. The second kappa shape index (κ2) is 6.35. The van der Waals surface area contributed by atoms with Gasteiger partial charge in [0, 0.05) is 29.1 Å². The summed E-state index contributed by atoms with van der Waals surface area (Å²) in [6.07, 6.45) is 0.881. The maximum Gasteiger partial charge on any atom is 0.0594 e. The van der Waals surface area contributed by atoms with Gasteiger partial charge in [0.15, 0.2) is 0 Å². The van der Waals surface area contributed by atoms with Gasteiger partial charge in [-0.3, -0.25) is 4.90 Å². The lowest BCUT2D eigenvalue weighted by Crippen LogP contribution is -2.59. The van der Waals surface area contributed by atoms with Crippen molar-refractivity contribution < 1.29 is 4.74 Å². The molecule has 1 aromatic rings. The third kappa shape index (κ3) is 3.57. The van der Waals surface area contributed by atoms with E-state index in [0.717, 1.165) is 37.2 Å². The Bertz CT molecular complexity index is 416. The zero-order valence-corrected chi connectivity index (χ0v) is 13.3. The number of halogens is 1. The topological polar surface area (TPSA) is 38.5 Å². The van der Waals surface area contributed by atoms with Gasteiger partial charge in [0.1, 0.15) is 0 Å². The largest absolute Gasteiger partial charge is 0.379 e. The Labute approximate surface area is 124 Å². The lowest BCUT2D eigenvalue weighted by atomic mass is 9.88. The molecule has 19 heavy (non-hydrogen) atoms. The summed E-state index contributed by atoms with van der Waals surface area (Å²) < 4.78 is 6.56. The molecule has 2 N–H and O–H groups in total. The summed E-state index contributed by atoms with van der Waals surface area (Å²) in [5.74, 6) is 0. The van der Waals surface area contributed by atoms with Crippen molar-refractivity contribution in [1.82, 2.24) is 4.90 Å². The van der Waals surface area contributed by atoms with E-state index in [1.807, 2.05) is 6.07 Å². The van der Waals surface area contributed by atoms with Crippen LogP contribution in [-0.2, 0) is 11.2 Å². The molecule has 4 heteroatoms. The van der Waals surface area contributed by atoms with E-state index in [2.05, 4.69) is 52.9 Å². The molecule has 1 heterocycles. The summed E-state index contributed by atoms with van der Waals surface area (Å²) in [6.45, 7) is 8.03. The van der Waals surface area contributed by atoms with E-state index in [4.69, 9.17) is 10.5 Å². The Morgan fingerprint density at radius 1 is 1.32 bits per heavy atom. The molecule has 1 aliphatic rings. The van der Waals surface area contributed by atoms with Crippen molar-refractivity contribution in [3.63, 3.8) is 0 Å². The van der Waals surface area contributed by atoms with Crippen LogP contribution in [0.2, 0.25) is 0 Å². The first-order valence-corrected chi connectivity index (χ1v) is 7.63. The minimum atomic E-state index is -0.0148. The van der Waals surface area contributed by atoms with Gasteiger partial charge in [0.25, 0.3) is 0 Å². The van der Waals surface area contributed by atoms with Crippen LogP contribution in [0.5, 0.6) is 0 Å². The average Bonchev–Trinajstić information content (AvgIpc) is 2.42. The van der Waals surface area contributed by atoms with Gasteiger partial charge in [-0.1, -0.05) is 34.1 Å². The zero-order valence-electron chi connectivity index (χ0n) is 11.7. The van der Waals surface area contributed by atoms with Crippen LogP contribution in [0.1, 0.15) is 19.4 Å². The Hall–Kier alpha value is -0.420. The molecule has 106 valence electrons. The molecule has 1 atom stereocenters. The maximum atomic E-state index is 6.48. The predicted octanol–water partition coefficient (Wildman–Crippen LogP) is 2.43. The van der Waals surface area contributed by atoms with E-state index in [0.29, 0.717) is 0 Å². The van der Waals surface area contributed by atoms with Crippen LogP contribution in [0.3, 0.4) is 0 Å². The summed E-state index contributed by atoms with van der Waals surface area (Å²) in [6, 6.07) is 8.41. The molecule has 1 aromatic carbocycles. The Morgan fingerprint density at radius 3 is 2.58 bits per heavy atom. The Kier molecular flexibility index (Phi) is 5.01. The van der Waals surface area contributed by atoms with E-state index in [1.165, 1.54) is 5.56 Å². The van der Waals surface area contributed by atoms with E-state index >= 15 is 0 Å². The molecule has 1 unspecified atom stereocenters. The summed E-state index contributed by atoms with van der Waals surface area (Å²) in [5, 5.41) is 0. The van der Waals surface area contributed by atoms with Crippen molar-refractivity contribution >= 4 is 15.9 Å². The van der Waals surface area contributed by atoms with Gasteiger partial charge in [-0.05, 0) is 31.9 Å². The fraction of sp³-hybridized carbons (Fsp3) is 0.600. The van der Waals surface area contributed by atoms with Gasteiger partial charge >= 0.3 is 0 Å². The number of benzene rings is 1. The van der Waals surface area contributed by atoms with Crippen LogP contribution in [0.15, 0.2) is 28.7 Å². The number of rotatable bonds is 4. The van der Waals surface area contributed by atoms with Gasteiger partial charge in [-0.2, -0.15) is 0 Å². The summed E-state index contributed by atoms with van der Waals surface area (Å²) in [7, 11) is 0. The molecular formula is C15H23BrN2O. The minimum Gasteiger partial charge on any atom is -0.379 e. The van der Waals surface area contributed by atoms with Crippen LogP contribution >= 0.6 is 15.9 Å². The fourth-order valence-electron chi connectivity index (χ4n) is 2.52. The Morgan fingerprint density at radius 2 is 1.95 bits per heavy atom. The minimum absolute atomic E-state index is 0.0148. The number of hydrogen-bond acceptors (Lipinski definition) is 3. The second-order valence-corrected chi connectivity index (χ2v) is 6.51.